The van der Waals surface area contributed by atoms with Crippen LogP contribution in [0.25, 0.3) is 0 Å². The summed E-state index contributed by atoms with van der Waals surface area (Å²) in [5.41, 5.74) is -1.32. The second kappa shape index (κ2) is 7.37. The molecule has 3 atom stereocenters. The van der Waals surface area contributed by atoms with E-state index in [4.69, 9.17) is 0 Å². The Bertz CT molecular complexity index is 878. The van der Waals surface area contributed by atoms with Crippen LogP contribution in [-0.2, 0) is 25.1 Å². The number of nitrogens with zero attached hydrogens (tertiary/aromatic N) is 1. The van der Waals surface area contributed by atoms with Crippen molar-refractivity contribution in [2.45, 2.75) is 38.5 Å². The lowest BCUT2D eigenvalue weighted by molar-refractivity contribution is -0.757. The number of esters is 1. The summed E-state index contributed by atoms with van der Waals surface area (Å²) in [6.07, 6.45) is 0.694. The topological polar surface area (TPSA) is 136 Å². The molecule has 0 unspecified atom stereocenters. The van der Waals surface area contributed by atoms with Gasteiger partial charge in [0.05, 0.1) is 0 Å². The molecule has 2 bridgehead atoms. The van der Waals surface area contributed by atoms with Crippen molar-refractivity contribution >= 4 is 11.8 Å². The molecule has 0 spiro atoms. The molecule has 0 aromatic heterocycles. The third-order valence-corrected chi connectivity index (χ3v) is 6.28. The first-order valence-corrected chi connectivity index (χ1v) is 9.28. The van der Waals surface area contributed by atoms with E-state index < -0.39 is 53.2 Å². The van der Waals surface area contributed by atoms with E-state index in [1.54, 1.807) is 0 Å². The van der Waals surface area contributed by atoms with Gasteiger partial charge in [-0.15, -0.1) is 10.1 Å². The van der Waals surface area contributed by atoms with E-state index in [2.05, 4.69) is 9.57 Å². The largest absolute Gasteiger partial charge is 0.508 e. The molecule has 0 heterocycles. The molecule has 0 saturated heterocycles. The lowest BCUT2D eigenvalue weighted by Crippen LogP contribution is -2.56. The van der Waals surface area contributed by atoms with Crippen molar-refractivity contribution in [3.63, 3.8) is 0 Å². The number of Topliss-reactive ketones (excluding diaryl/α,β-unsaturated/α-hetero) is 1. The van der Waals surface area contributed by atoms with Crippen molar-refractivity contribution in [3.05, 3.63) is 33.4 Å². The van der Waals surface area contributed by atoms with Crippen LogP contribution in [0.4, 0.5) is 8.78 Å². The molecule has 164 valence electrons. The lowest BCUT2D eigenvalue weighted by Gasteiger charge is -2.59. The number of carbonyl (C=O) groups is 2. The van der Waals surface area contributed by atoms with E-state index in [0.717, 1.165) is 0 Å². The average molecular weight is 429 g/mol. The van der Waals surface area contributed by atoms with Crippen molar-refractivity contribution in [2.75, 3.05) is 13.2 Å². The van der Waals surface area contributed by atoms with Gasteiger partial charge in [0, 0.05) is 29.4 Å². The fourth-order valence-corrected chi connectivity index (χ4v) is 4.63. The number of ether oxygens (including phenoxy) is 1. The Morgan fingerprint density at radius 2 is 1.90 bits per heavy atom. The Balaban J connectivity index is 1.81. The number of benzene rings is 1. The number of carbonyl (C=O) groups excluding carboxylic acids is 2. The smallest absolute Gasteiger partial charge is 0.382 e. The maximum Gasteiger partial charge on any atom is 0.382 e. The number of hydrogen-bond acceptors (Lipinski definition) is 8. The number of phenolic OH excluding ortho intramolecular Hbond substituents is 2. The number of rotatable bonds is 7. The van der Waals surface area contributed by atoms with E-state index in [9.17, 15) is 38.7 Å². The molecule has 4 rings (SSSR count). The Labute approximate surface area is 169 Å². The number of halogens is 2. The Kier molecular flexibility index (Phi) is 5.33. The molecule has 1 aromatic carbocycles. The number of hydrogen-bond donors (Lipinski definition) is 2. The summed E-state index contributed by atoms with van der Waals surface area (Å²) < 4.78 is 33.1. The van der Waals surface area contributed by atoms with Crippen molar-refractivity contribution in [3.8, 4) is 11.5 Å². The van der Waals surface area contributed by atoms with Gasteiger partial charge >= 0.3 is 11.9 Å². The molecular weight excluding hydrogens is 408 g/mol. The number of ketones is 1. The van der Waals surface area contributed by atoms with Crippen molar-refractivity contribution in [2.24, 2.45) is 17.3 Å². The number of alkyl halides is 2. The van der Waals surface area contributed by atoms with Gasteiger partial charge in [-0.2, -0.15) is 8.78 Å². The molecule has 1 aromatic rings. The third-order valence-electron chi connectivity index (χ3n) is 6.28. The van der Waals surface area contributed by atoms with Crippen LogP contribution in [0.2, 0.25) is 0 Å². The molecule has 3 aliphatic rings. The third kappa shape index (κ3) is 3.52. The van der Waals surface area contributed by atoms with Gasteiger partial charge in [-0.3, -0.25) is 4.79 Å². The van der Waals surface area contributed by atoms with Crippen LogP contribution in [0.1, 0.15) is 43.7 Å². The minimum absolute atomic E-state index is 0.00114. The SMILES string of the molecule is CC1(C)[C@@H]2C[C@H]1[C@H](c1c(O)cc(C(F)(F)C(=O)OCCO[N+](=O)[O-])cc1O)CC2=O. The molecule has 3 fully saturated rings. The molecule has 2 N–H and O–H groups in total. The standard InChI is InChI=1S/C19H21F2NO8/c1-18(2)11-8-12(18)13(23)7-10(11)16-14(24)5-9(6-15(16)25)19(20,21)17(26)29-3-4-30-22(27)28/h5-6,10-12,24-25H,3-4,7-8H2,1-2H3/t10-,11+,12-/m1/s1. The zero-order chi connectivity index (χ0) is 22.4. The van der Waals surface area contributed by atoms with Crippen LogP contribution in [-0.4, -0.2) is 40.3 Å². The van der Waals surface area contributed by atoms with Crippen LogP contribution >= 0.6 is 0 Å². The van der Waals surface area contributed by atoms with Gasteiger partial charge in [0.1, 0.15) is 30.5 Å². The number of aromatic hydroxyl groups is 2. The molecule has 0 radical (unpaired) electrons. The first-order chi connectivity index (χ1) is 13.9. The summed E-state index contributed by atoms with van der Waals surface area (Å²) in [5.74, 6) is -8.15. The summed E-state index contributed by atoms with van der Waals surface area (Å²) >= 11 is 0. The van der Waals surface area contributed by atoms with E-state index in [0.29, 0.717) is 18.6 Å². The molecular formula is C19H21F2NO8. The quantitative estimate of drug-likeness (QED) is 0.292. The Morgan fingerprint density at radius 3 is 2.40 bits per heavy atom. The van der Waals surface area contributed by atoms with Crippen molar-refractivity contribution in [1.29, 1.82) is 0 Å². The normalized spacial score (nSPS) is 24.7. The Morgan fingerprint density at radius 1 is 1.30 bits per heavy atom. The Hall–Kier alpha value is -2.98. The van der Waals surface area contributed by atoms with Gasteiger partial charge in [-0.1, -0.05) is 13.8 Å². The van der Waals surface area contributed by atoms with Crippen LogP contribution in [0.5, 0.6) is 11.5 Å². The maximum atomic E-state index is 14.4. The van der Waals surface area contributed by atoms with Crippen molar-refractivity contribution in [1.82, 2.24) is 0 Å². The molecule has 3 saturated carbocycles. The zero-order valence-electron chi connectivity index (χ0n) is 16.3. The monoisotopic (exact) mass is 429 g/mol. The van der Waals surface area contributed by atoms with E-state index in [1.165, 1.54) is 0 Å². The molecule has 30 heavy (non-hydrogen) atoms. The van der Waals surface area contributed by atoms with Crippen LogP contribution in [0.15, 0.2) is 12.1 Å². The summed E-state index contributed by atoms with van der Waals surface area (Å²) in [6.45, 7) is 2.34. The second-order valence-corrected chi connectivity index (χ2v) is 8.19. The van der Waals surface area contributed by atoms with E-state index in [1.807, 2.05) is 13.8 Å². The lowest BCUT2D eigenvalue weighted by atomic mass is 9.44. The maximum absolute atomic E-state index is 14.4. The molecule has 11 heteroatoms. The van der Waals surface area contributed by atoms with Gasteiger partial charge in [-0.05, 0) is 29.9 Å². The summed E-state index contributed by atoms with van der Waals surface area (Å²) in [5, 5.41) is 29.6. The molecule has 9 nitrogen and oxygen atoms in total. The van der Waals surface area contributed by atoms with Crippen LogP contribution in [0, 0.1) is 27.4 Å². The van der Waals surface area contributed by atoms with Gasteiger partial charge in [0.25, 0.3) is 5.09 Å². The predicted octanol–water partition coefficient (Wildman–Crippen LogP) is 2.66. The fraction of sp³-hybridized carbons (Fsp3) is 0.579. The second-order valence-electron chi connectivity index (χ2n) is 8.19. The minimum atomic E-state index is -4.23. The average Bonchev–Trinajstić information content (AvgIpc) is 2.63. The fourth-order valence-electron chi connectivity index (χ4n) is 4.63. The number of fused-ring (bicyclic) bond motifs is 2. The van der Waals surface area contributed by atoms with Crippen LogP contribution in [0.3, 0.4) is 0 Å². The molecule has 0 amide bonds. The van der Waals surface area contributed by atoms with Gasteiger partial charge in [0.15, 0.2) is 0 Å². The van der Waals surface area contributed by atoms with Crippen LogP contribution < -0.4 is 0 Å². The molecule has 0 aliphatic heterocycles. The van der Waals surface area contributed by atoms with Gasteiger partial charge in [0.2, 0.25) is 0 Å². The summed E-state index contributed by atoms with van der Waals surface area (Å²) in [6, 6.07) is 1.32. The minimum Gasteiger partial charge on any atom is -0.508 e. The molecule has 3 aliphatic carbocycles. The summed E-state index contributed by atoms with van der Waals surface area (Å²) in [7, 11) is 0. The highest BCUT2D eigenvalue weighted by Gasteiger charge is 2.59. The first kappa shape index (κ1) is 21.7. The van der Waals surface area contributed by atoms with E-state index >= 15 is 0 Å². The first-order valence-electron chi connectivity index (χ1n) is 9.28. The zero-order valence-corrected chi connectivity index (χ0v) is 16.3. The van der Waals surface area contributed by atoms with E-state index in [-0.39, 0.29) is 35.0 Å². The van der Waals surface area contributed by atoms with Gasteiger partial charge < -0.3 is 19.8 Å². The van der Waals surface area contributed by atoms with Crippen molar-refractivity contribution < 1.29 is 43.2 Å². The predicted molar refractivity (Wildman–Crippen MR) is 95.3 cm³/mol. The highest BCUT2D eigenvalue weighted by Crippen LogP contribution is 2.64. The highest BCUT2D eigenvalue weighted by atomic mass is 19.3. The number of phenols is 2. The summed E-state index contributed by atoms with van der Waals surface area (Å²) in [4.78, 5) is 37.9. The van der Waals surface area contributed by atoms with Gasteiger partial charge in [-0.25, -0.2) is 4.79 Å². The highest BCUT2D eigenvalue weighted by molar-refractivity contribution is 5.86.